The summed E-state index contributed by atoms with van der Waals surface area (Å²) in [5, 5.41) is 2.60. The first kappa shape index (κ1) is 31.3. The first-order valence-electron chi connectivity index (χ1n) is 17.5. The molecule has 0 bridgehead atoms. The Hall–Kier alpha value is -4.68. The predicted octanol–water partition coefficient (Wildman–Crippen LogP) is 11.8. The molecule has 246 valence electrons. The van der Waals surface area contributed by atoms with Crippen molar-refractivity contribution in [1.82, 2.24) is 0 Å². The van der Waals surface area contributed by atoms with Crippen LogP contribution in [0.1, 0.15) is 52.7 Å². The van der Waals surface area contributed by atoms with Crippen LogP contribution in [0.25, 0.3) is 42.4 Å². The van der Waals surface area contributed by atoms with Crippen LogP contribution in [0.2, 0.25) is 0 Å². The third kappa shape index (κ3) is 4.86. The van der Waals surface area contributed by atoms with Crippen molar-refractivity contribution in [3.8, 4) is 22.3 Å². The average molecular weight is 670 g/mol. The van der Waals surface area contributed by atoms with Crippen LogP contribution < -0.4 is 10.4 Å². The van der Waals surface area contributed by atoms with E-state index in [0.717, 1.165) is 22.3 Å². The topological polar surface area (TPSA) is 21.7 Å². The van der Waals surface area contributed by atoms with Gasteiger partial charge in [-0.2, -0.15) is 0 Å². The molecule has 0 spiro atoms. The number of hydrogen-bond acceptors (Lipinski definition) is 4. The highest BCUT2D eigenvalue weighted by Gasteiger charge is 2.52. The van der Waals surface area contributed by atoms with E-state index in [1.807, 2.05) is 11.3 Å². The van der Waals surface area contributed by atoms with Crippen molar-refractivity contribution in [3.63, 3.8) is 0 Å². The van der Waals surface area contributed by atoms with E-state index >= 15 is 0 Å². The van der Waals surface area contributed by atoms with Crippen LogP contribution in [0.4, 0.5) is 17.1 Å². The van der Waals surface area contributed by atoms with Crippen LogP contribution in [0.5, 0.6) is 0 Å². The highest BCUT2D eigenvalue weighted by Crippen LogP contribution is 2.52. The molecule has 0 amide bonds. The van der Waals surface area contributed by atoms with Gasteiger partial charge in [0.2, 0.25) is 0 Å². The summed E-state index contributed by atoms with van der Waals surface area (Å²) in [5.41, 5.74) is 10.8. The van der Waals surface area contributed by atoms with Crippen LogP contribution in [0, 0.1) is 0 Å². The van der Waals surface area contributed by atoms with E-state index < -0.39 is 18.3 Å². The van der Waals surface area contributed by atoms with Crippen LogP contribution >= 0.6 is 11.3 Å². The van der Waals surface area contributed by atoms with Gasteiger partial charge in [0.15, 0.2) is 0 Å². The second kappa shape index (κ2) is 11.2. The molecule has 1 saturated heterocycles. The van der Waals surface area contributed by atoms with Gasteiger partial charge >= 0.3 is 7.12 Å². The third-order valence-electron chi connectivity index (χ3n) is 11.3. The van der Waals surface area contributed by atoms with Crippen molar-refractivity contribution >= 4 is 61.2 Å². The van der Waals surface area contributed by atoms with Gasteiger partial charge in [-0.3, -0.25) is 0 Å². The first-order valence-corrected chi connectivity index (χ1v) is 18.3. The number of fused-ring (bicyclic) bond motifs is 5. The van der Waals surface area contributed by atoms with Gasteiger partial charge in [-0.05, 0) is 121 Å². The fourth-order valence-corrected chi connectivity index (χ4v) is 8.83. The molecule has 3 heterocycles. The van der Waals surface area contributed by atoms with E-state index in [-0.39, 0.29) is 5.41 Å². The monoisotopic (exact) mass is 669 g/mol. The molecule has 0 atom stereocenters. The van der Waals surface area contributed by atoms with E-state index in [2.05, 4.69) is 180 Å². The minimum absolute atomic E-state index is 0.204. The quantitative estimate of drug-likeness (QED) is 0.174. The minimum atomic E-state index is -0.473. The van der Waals surface area contributed by atoms with Crippen LogP contribution in [-0.2, 0) is 14.7 Å². The Morgan fingerprint density at radius 2 is 1.10 bits per heavy atom. The molecule has 2 aliphatic rings. The van der Waals surface area contributed by atoms with E-state index in [0.29, 0.717) is 0 Å². The van der Waals surface area contributed by atoms with E-state index in [1.165, 1.54) is 53.8 Å². The molecule has 5 heteroatoms. The van der Waals surface area contributed by atoms with Crippen molar-refractivity contribution < 1.29 is 9.31 Å². The molecule has 6 aromatic carbocycles. The first-order chi connectivity index (χ1) is 24.0. The fraction of sp³-hybridized carbons (Fsp3) is 0.200. The average Bonchev–Trinajstić information content (AvgIpc) is 3.60. The summed E-state index contributed by atoms with van der Waals surface area (Å²) in [6.45, 7) is 13.2. The van der Waals surface area contributed by atoms with Gasteiger partial charge in [0, 0.05) is 31.3 Å². The Morgan fingerprint density at radius 3 is 1.86 bits per heavy atom. The summed E-state index contributed by atoms with van der Waals surface area (Å²) < 4.78 is 15.9. The Labute approximate surface area is 299 Å². The Balaban J connectivity index is 1.23. The zero-order chi connectivity index (χ0) is 34.4. The molecule has 1 fully saturated rings. The van der Waals surface area contributed by atoms with Crippen molar-refractivity contribution in [3.05, 3.63) is 145 Å². The van der Waals surface area contributed by atoms with Gasteiger partial charge in [0.1, 0.15) is 0 Å². The summed E-state index contributed by atoms with van der Waals surface area (Å²) in [7, 11) is -0.473. The summed E-state index contributed by atoms with van der Waals surface area (Å²) in [4.78, 5) is 2.41. The number of rotatable bonds is 4. The van der Waals surface area contributed by atoms with E-state index in [4.69, 9.17) is 9.31 Å². The maximum absolute atomic E-state index is 6.65. The van der Waals surface area contributed by atoms with Crippen molar-refractivity contribution in [2.75, 3.05) is 4.90 Å². The normalized spacial score (nSPS) is 17.2. The smallest absolute Gasteiger partial charge is 0.399 e. The minimum Gasteiger partial charge on any atom is -0.399 e. The van der Waals surface area contributed by atoms with Crippen LogP contribution in [0.3, 0.4) is 0 Å². The lowest BCUT2D eigenvalue weighted by atomic mass is 9.72. The molecule has 3 nitrogen and oxygen atoms in total. The lowest BCUT2D eigenvalue weighted by Gasteiger charge is -2.42. The fourth-order valence-electron chi connectivity index (χ4n) is 7.74. The largest absolute Gasteiger partial charge is 0.494 e. The van der Waals surface area contributed by atoms with Gasteiger partial charge in [0.05, 0.1) is 22.6 Å². The maximum atomic E-state index is 6.65. The molecular weight excluding hydrogens is 629 g/mol. The third-order valence-corrected chi connectivity index (χ3v) is 12.4. The predicted molar refractivity (Wildman–Crippen MR) is 213 cm³/mol. The highest BCUT2D eigenvalue weighted by atomic mass is 32.1. The zero-order valence-electron chi connectivity index (χ0n) is 29.5. The van der Waals surface area contributed by atoms with Crippen molar-refractivity contribution in [1.29, 1.82) is 0 Å². The van der Waals surface area contributed by atoms with Gasteiger partial charge in [-0.1, -0.05) is 92.7 Å². The van der Waals surface area contributed by atoms with Gasteiger partial charge in [0.25, 0.3) is 0 Å². The van der Waals surface area contributed by atoms with Gasteiger partial charge in [-0.15, -0.1) is 11.3 Å². The maximum Gasteiger partial charge on any atom is 0.494 e. The van der Waals surface area contributed by atoms with Crippen molar-refractivity contribution in [2.45, 2.75) is 58.2 Å². The van der Waals surface area contributed by atoms with Gasteiger partial charge in [-0.25, -0.2) is 0 Å². The highest BCUT2D eigenvalue weighted by molar-refractivity contribution is 7.25. The number of para-hydroxylation sites is 2. The number of benzene rings is 6. The number of thiophene rings is 1. The second-order valence-corrected chi connectivity index (χ2v) is 16.4. The molecule has 9 rings (SSSR count). The van der Waals surface area contributed by atoms with E-state index in [1.54, 1.807) is 0 Å². The van der Waals surface area contributed by atoms with E-state index in [9.17, 15) is 0 Å². The Kier molecular flexibility index (Phi) is 6.99. The summed E-state index contributed by atoms with van der Waals surface area (Å²) in [6, 6.07) is 49.0. The number of anilines is 3. The molecular formula is C45H40BNO2S. The molecule has 0 unspecified atom stereocenters. The van der Waals surface area contributed by atoms with Gasteiger partial charge < -0.3 is 14.2 Å². The van der Waals surface area contributed by atoms with Crippen molar-refractivity contribution in [2.24, 2.45) is 0 Å². The standard InChI is InChI=1S/C45H40BNO2S/c1-43(2)37-17-11-12-18-39(37)47(34-14-8-7-9-15-34)40-22-20-30(28-38(40)43)32-24-31(25-33(26-32)46-48-44(3,4)45(5,6)49-46)29-21-23-42-36(27-29)35-16-10-13-19-41(35)50-42/h7-28H,1-6H3. The van der Waals surface area contributed by atoms with Crippen LogP contribution in [0.15, 0.2) is 133 Å². The molecule has 0 saturated carbocycles. The Morgan fingerprint density at radius 1 is 0.500 bits per heavy atom. The molecule has 2 aliphatic heterocycles. The summed E-state index contributed by atoms with van der Waals surface area (Å²) in [6.07, 6.45) is 0. The lowest BCUT2D eigenvalue weighted by molar-refractivity contribution is 0.00578. The molecule has 1 aromatic heterocycles. The lowest BCUT2D eigenvalue weighted by Crippen LogP contribution is -2.41. The molecule has 0 aliphatic carbocycles. The summed E-state index contributed by atoms with van der Waals surface area (Å²) >= 11 is 1.85. The Bertz CT molecular complexity index is 2430. The number of hydrogen-bond donors (Lipinski definition) is 0. The molecule has 0 radical (unpaired) electrons. The molecule has 50 heavy (non-hydrogen) atoms. The molecule has 7 aromatic rings. The summed E-state index contributed by atoms with van der Waals surface area (Å²) in [5.74, 6) is 0. The SMILES string of the molecule is CC1(C)c2ccccc2N(c2ccccc2)c2ccc(-c3cc(B4OC(C)(C)C(C)(C)O4)cc(-c4ccc5sc6ccccc6c5c4)c3)cc21. The zero-order valence-corrected chi connectivity index (χ0v) is 30.3. The second-order valence-electron chi connectivity index (χ2n) is 15.3. The molecule has 0 N–H and O–H groups in total. The number of nitrogens with zero attached hydrogens (tertiary/aromatic N) is 1. The van der Waals surface area contributed by atoms with Crippen LogP contribution in [-0.4, -0.2) is 18.3 Å².